The highest BCUT2D eigenvalue weighted by molar-refractivity contribution is 4.90. The molecule has 18 heavy (non-hydrogen) atoms. The van der Waals surface area contributed by atoms with E-state index in [1.54, 1.807) is 0 Å². The van der Waals surface area contributed by atoms with Crippen LogP contribution in [0.2, 0.25) is 0 Å². The van der Waals surface area contributed by atoms with Crippen molar-refractivity contribution in [2.75, 3.05) is 46.0 Å². The van der Waals surface area contributed by atoms with Crippen molar-refractivity contribution in [1.82, 2.24) is 10.2 Å². The number of hydrogen-bond acceptors (Lipinski definition) is 5. The van der Waals surface area contributed by atoms with E-state index in [2.05, 4.69) is 10.2 Å². The maximum atomic E-state index is 10.0. The van der Waals surface area contributed by atoms with Crippen LogP contribution in [-0.2, 0) is 4.74 Å². The number of ether oxygens (including phenoxy) is 1. The zero-order chi connectivity index (χ0) is 12.8. The van der Waals surface area contributed by atoms with Gasteiger partial charge in [-0.2, -0.15) is 0 Å². The first-order valence-electron chi connectivity index (χ1n) is 7.08. The molecule has 5 nitrogen and oxygen atoms in total. The molecule has 1 atom stereocenters. The van der Waals surface area contributed by atoms with E-state index in [1.165, 1.54) is 12.8 Å². The monoisotopic (exact) mass is 258 g/mol. The Balaban J connectivity index is 1.71. The minimum atomic E-state index is -0.352. The summed E-state index contributed by atoms with van der Waals surface area (Å²) in [5.74, 6) is 0. The predicted molar refractivity (Wildman–Crippen MR) is 69.6 cm³/mol. The first-order chi connectivity index (χ1) is 8.74. The van der Waals surface area contributed by atoms with E-state index in [0.717, 1.165) is 32.5 Å². The molecule has 0 bridgehead atoms. The number of rotatable bonds is 6. The maximum Gasteiger partial charge on any atom is 0.0791 e. The molecule has 0 saturated carbocycles. The van der Waals surface area contributed by atoms with Gasteiger partial charge in [-0.1, -0.05) is 0 Å². The van der Waals surface area contributed by atoms with Gasteiger partial charge in [0.25, 0.3) is 0 Å². The van der Waals surface area contributed by atoms with Gasteiger partial charge in [-0.3, -0.25) is 0 Å². The number of aliphatic hydroxyl groups excluding tert-OH is 2. The number of hydrogen-bond donors (Lipinski definition) is 3. The molecule has 106 valence electrons. The van der Waals surface area contributed by atoms with Crippen LogP contribution in [0.25, 0.3) is 0 Å². The fourth-order valence-corrected chi connectivity index (χ4v) is 2.82. The molecule has 0 aromatic heterocycles. The normalized spacial score (nSPS) is 26.3. The van der Waals surface area contributed by atoms with Crippen LogP contribution in [0, 0.1) is 0 Å². The van der Waals surface area contributed by atoms with Gasteiger partial charge >= 0.3 is 0 Å². The second-order valence-electron chi connectivity index (χ2n) is 5.59. The zero-order valence-corrected chi connectivity index (χ0v) is 11.1. The number of β-amino-alcohol motifs (C(OH)–C–C–N with tert-alkyl or cyclic N) is 1. The zero-order valence-electron chi connectivity index (χ0n) is 11.1. The van der Waals surface area contributed by atoms with E-state index >= 15 is 0 Å². The van der Waals surface area contributed by atoms with Gasteiger partial charge in [-0.25, -0.2) is 0 Å². The third-order valence-corrected chi connectivity index (χ3v) is 4.13. The molecule has 2 aliphatic heterocycles. The smallest absolute Gasteiger partial charge is 0.0791 e. The largest absolute Gasteiger partial charge is 0.394 e. The molecule has 1 unspecified atom stereocenters. The van der Waals surface area contributed by atoms with Gasteiger partial charge in [0.2, 0.25) is 0 Å². The van der Waals surface area contributed by atoms with E-state index in [1.807, 2.05) is 0 Å². The fraction of sp³-hybridized carbons (Fsp3) is 1.00. The Kier molecular flexibility index (Phi) is 5.38. The van der Waals surface area contributed by atoms with E-state index in [4.69, 9.17) is 4.74 Å². The van der Waals surface area contributed by atoms with Crippen LogP contribution in [0.1, 0.15) is 25.7 Å². The molecule has 5 heteroatoms. The molecule has 2 rings (SSSR count). The van der Waals surface area contributed by atoms with Crippen LogP contribution >= 0.6 is 0 Å². The molecular formula is C13H26N2O3. The lowest BCUT2D eigenvalue weighted by Crippen LogP contribution is -2.55. The third-order valence-electron chi connectivity index (χ3n) is 4.13. The lowest BCUT2D eigenvalue weighted by molar-refractivity contribution is 0.00450. The van der Waals surface area contributed by atoms with Gasteiger partial charge in [0.15, 0.2) is 0 Å². The van der Waals surface area contributed by atoms with Crippen molar-refractivity contribution in [2.45, 2.75) is 37.3 Å². The molecule has 2 fully saturated rings. The van der Waals surface area contributed by atoms with E-state index in [9.17, 15) is 10.2 Å². The Hall–Kier alpha value is -0.200. The first kappa shape index (κ1) is 14.2. The topological polar surface area (TPSA) is 65.0 Å². The molecule has 0 spiro atoms. The Labute approximate surface area is 109 Å². The SMILES string of the molecule is OCC1(NCC(O)CN2CCCC2)CCOCC1. The summed E-state index contributed by atoms with van der Waals surface area (Å²) in [6.45, 7) is 5.01. The number of nitrogens with zero attached hydrogens (tertiary/aromatic N) is 1. The van der Waals surface area contributed by atoms with Crippen LogP contribution in [0.3, 0.4) is 0 Å². The average molecular weight is 258 g/mol. The van der Waals surface area contributed by atoms with Crippen molar-refractivity contribution in [3.63, 3.8) is 0 Å². The highest BCUT2D eigenvalue weighted by atomic mass is 16.5. The average Bonchev–Trinajstić information content (AvgIpc) is 2.90. The summed E-state index contributed by atoms with van der Waals surface area (Å²) < 4.78 is 5.32. The van der Waals surface area contributed by atoms with Crippen LogP contribution in [0.4, 0.5) is 0 Å². The summed E-state index contributed by atoms with van der Waals surface area (Å²) >= 11 is 0. The fourth-order valence-electron chi connectivity index (χ4n) is 2.82. The molecular weight excluding hydrogens is 232 g/mol. The molecule has 2 aliphatic rings. The summed E-state index contributed by atoms with van der Waals surface area (Å²) in [7, 11) is 0. The number of aliphatic hydroxyl groups is 2. The van der Waals surface area contributed by atoms with Gasteiger partial charge in [0, 0.05) is 31.8 Å². The van der Waals surface area contributed by atoms with Crippen molar-refractivity contribution in [2.24, 2.45) is 0 Å². The van der Waals surface area contributed by atoms with Gasteiger partial charge in [-0.15, -0.1) is 0 Å². The minimum absolute atomic E-state index is 0.118. The molecule has 0 aliphatic carbocycles. The van der Waals surface area contributed by atoms with Crippen molar-refractivity contribution in [3.8, 4) is 0 Å². The van der Waals surface area contributed by atoms with Crippen LogP contribution < -0.4 is 5.32 Å². The summed E-state index contributed by atoms with van der Waals surface area (Å²) in [6.07, 6.45) is 3.78. The van der Waals surface area contributed by atoms with Crippen LogP contribution in [-0.4, -0.2) is 72.8 Å². The van der Waals surface area contributed by atoms with E-state index < -0.39 is 0 Å². The van der Waals surface area contributed by atoms with Gasteiger partial charge in [0.1, 0.15) is 0 Å². The predicted octanol–water partition coefficient (Wildman–Crippen LogP) is -0.426. The molecule has 3 N–H and O–H groups in total. The summed E-state index contributed by atoms with van der Waals surface area (Å²) in [6, 6.07) is 0. The number of nitrogens with one attached hydrogen (secondary N) is 1. The van der Waals surface area contributed by atoms with E-state index in [-0.39, 0.29) is 18.2 Å². The maximum absolute atomic E-state index is 10.0. The van der Waals surface area contributed by atoms with Crippen LogP contribution in [0.15, 0.2) is 0 Å². The van der Waals surface area contributed by atoms with E-state index in [0.29, 0.717) is 19.8 Å². The van der Waals surface area contributed by atoms with Crippen molar-refractivity contribution >= 4 is 0 Å². The molecule has 0 amide bonds. The second-order valence-corrected chi connectivity index (χ2v) is 5.59. The summed E-state index contributed by atoms with van der Waals surface area (Å²) in [5.41, 5.74) is -0.246. The highest BCUT2D eigenvalue weighted by Gasteiger charge is 2.32. The first-order valence-corrected chi connectivity index (χ1v) is 7.08. The van der Waals surface area contributed by atoms with Crippen LogP contribution in [0.5, 0.6) is 0 Å². The molecule has 0 aromatic carbocycles. The third kappa shape index (κ3) is 3.90. The Bertz CT molecular complexity index is 238. The molecule has 2 heterocycles. The number of likely N-dealkylation sites (tertiary alicyclic amines) is 1. The minimum Gasteiger partial charge on any atom is -0.394 e. The Morgan fingerprint density at radius 3 is 2.50 bits per heavy atom. The quantitative estimate of drug-likeness (QED) is 0.603. The van der Waals surface area contributed by atoms with Crippen molar-refractivity contribution < 1.29 is 14.9 Å². The lowest BCUT2D eigenvalue weighted by atomic mass is 9.91. The lowest BCUT2D eigenvalue weighted by Gasteiger charge is -2.37. The molecule has 2 saturated heterocycles. The van der Waals surface area contributed by atoms with Crippen molar-refractivity contribution in [3.05, 3.63) is 0 Å². The van der Waals surface area contributed by atoms with Gasteiger partial charge < -0.3 is 25.2 Å². The second kappa shape index (κ2) is 6.82. The Morgan fingerprint density at radius 1 is 1.22 bits per heavy atom. The molecule has 0 aromatic rings. The van der Waals surface area contributed by atoms with Gasteiger partial charge in [0.05, 0.1) is 12.7 Å². The summed E-state index contributed by atoms with van der Waals surface area (Å²) in [5, 5.41) is 22.9. The van der Waals surface area contributed by atoms with Crippen molar-refractivity contribution in [1.29, 1.82) is 0 Å². The van der Waals surface area contributed by atoms with Gasteiger partial charge in [-0.05, 0) is 38.8 Å². The Morgan fingerprint density at radius 2 is 1.89 bits per heavy atom. The molecule has 0 radical (unpaired) electrons. The standard InChI is InChI=1S/C13H26N2O3/c16-11-13(3-7-18-8-4-13)14-9-12(17)10-15-5-1-2-6-15/h12,14,16-17H,1-11H2. The highest BCUT2D eigenvalue weighted by Crippen LogP contribution is 2.20. The summed E-state index contributed by atoms with van der Waals surface area (Å²) in [4.78, 5) is 2.31.